The first-order valence-electron chi connectivity index (χ1n) is 5.51. The number of carbonyl (C=O) groups is 2. The highest BCUT2D eigenvalue weighted by atomic mass is 19.4. The van der Waals surface area contributed by atoms with Crippen molar-refractivity contribution in [3.8, 4) is 0 Å². The summed E-state index contributed by atoms with van der Waals surface area (Å²) in [6, 6.07) is -1.61. The third kappa shape index (κ3) is 4.94. The van der Waals surface area contributed by atoms with E-state index in [1.807, 2.05) is 0 Å². The van der Waals surface area contributed by atoms with Crippen LogP contribution < -0.4 is 5.73 Å². The average molecular weight is 303 g/mol. The summed E-state index contributed by atoms with van der Waals surface area (Å²) in [5.41, 5.74) is 5.30. The number of carboxylic acids is 2. The van der Waals surface area contributed by atoms with Gasteiger partial charge in [-0.05, 0) is 5.92 Å². The van der Waals surface area contributed by atoms with Gasteiger partial charge in [-0.3, -0.25) is 0 Å². The Morgan fingerprint density at radius 2 is 1.60 bits per heavy atom. The number of hydrogen-bond donors (Lipinski definition) is 4. The summed E-state index contributed by atoms with van der Waals surface area (Å²) >= 11 is 0. The Balaban J connectivity index is 5.30. The fraction of sp³-hybridized carbons (Fsp3) is 0.800. The quantitative estimate of drug-likeness (QED) is 0.513. The second kappa shape index (κ2) is 6.86. The van der Waals surface area contributed by atoms with Crippen molar-refractivity contribution in [1.29, 1.82) is 0 Å². The number of aliphatic hydroxyl groups is 1. The molecule has 0 radical (unpaired) electrons. The Hall–Kier alpha value is -1.39. The average Bonchev–Trinajstić information content (AvgIpc) is 2.25. The van der Waals surface area contributed by atoms with E-state index < -0.39 is 48.4 Å². The predicted octanol–water partition coefficient (Wildman–Crippen LogP) is -0.184. The first-order valence-corrected chi connectivity index (χ1v) is 5.51. The van der Waals surface area contributed by atoms with Crippen LogP contribution in [0.15, 0.2) is 0 Å². The third-order valence-corrected chi connectivity index (χ3v) is 2.52. The van der Waals surface area contributed by atoms with Gasteiger partial charge in [0.1, 0.15) is 0 Å². The van der Waals surface area contributed by atoms with Crippen LogP contribution in [0.25, 0.3) is 0 Å². The molecular weight excluding hydrogens is 287 g/mol. The molecule has 2 unspecified atom stereocenters. The Bertz CT molecular complexity index is 359. The van der Waals surface area contributed by atoms with Gasteiger partial charge in [-0.15, -0.1) is 0 Å². The molecule has 0 spiro atoms. The van der Waals surface area contributed by atoms with Crippen LogP contribution in [0.2, 0.25) is 0 Å². The Morgan fingerprint density at radius 3 is 1.85 bits per heavy atom. The maximum absolute atomic E-state index is 12.8. The van der Waals surface area contributed by atoms with Gasteiger partial charge in [-0.1, -0.05) is 13.8 Å². The zero-order valence-electron chi connectivity index (χ0n) is 10.7. The summed E-state index contributed by atoms with van der Waals surface area (Å²) < 4.78 is 42.6. The first kappa shape index (κ1) is 18.6. The lowest BCUT2D eigenvalue weighted by Gasteiger charge is -2.31. The zero-order valence-corrected chi connectivity index (χ0v) is 10.7. The molecule has 0 aromatic rings. The van der Waals surface area contributed by atoms with Crippen LogP contribution in [-0.4, -0.2) is 57.8 Å². The lowest BCUT2D eigenvalue weighted by molar-refractivity contribution is -0.251. The number of ether oxygens (including phenoxy) is 1. The van der Waals surface area contributed by atoms with Crippen LogP contribution in [0, 0.1) is 5.92 Å². The molecule has 0 saturated heterocycles. The van der Waals surface area contributed by atoms with E-state index in [2.05, 4.69) is 4.74 Å². The van der Waals surface area contributed by atoms with E-state index in [-0.39, 0.29) is 0 Å². The highest BCUT2D eigenvalue weighted by Gasteiger charge is 2.49. The van der Waals surface area contributed by atoms with Gasteiger partial charge in [0.15, 0.2) is 18.3 Å². The topological polar surface area (TPSA) is 130 Å². The maximum Gasteiger partial charge on any atom is 0.416 e. The van der Waals surface area contributed by atoms with Gasteiger partial charge in [-0.25, -0.2) is 9.59 Å². The zero-order chi connectivity index (χ0) is 16.2. The van der Waals surface area contributed by atoms with Crippen molar-refractivity contribution >= 4 is 11.9 Å². The van der Waals surface area contributed by atoms with Gasteiger partial charge < -0.3 is 25.8 Å². The summed E-state index contributed by atoms with van der Waals surface area (Å²) in [7, 11) is 0. The summed E-state index contributed by atoms with van der Waals surface area (Å²) in [6.45, 7) is 2.71. The van der Waals surface area contributed by atoms with E-state index in [0.29, 0.717) is 0 Å². The standard InChI is InChI=1S/C10H16F3NO6/c1-3(2)4(14)7(10(11,12)13)20-6(9(18)19)5(15)8(16)17/h3-7,15H,14H2,1-2H3,(H,16,17)(H,18,19)/t4-,5?,6?,7+/m1/s1. The van der Waals surface area contributed by atoms with Crippen molar-refractivity contribution in [3.05, 3.63) is 0 Å². The van der Waals surface area contributed by atoms with Crippen LogP contribution in [-0.2, 0) is 14.3 Å². The molecule has 0 aliphatic carbocycles. The van der Waals surface area contributed by atoms with Crippen molar-refractivity contribution in [2.24, 2.45) is 11.7 Å². The molecule has 0 bridgehead atoms. The SMILES string of the molecule is CC(C)[C@@H](N)[C@H](OC(C(=O)O)C(O)C(=O)O)C(F)(F)F. The number of halogens is 3. The van der Waals surface area contributed by atoms with Crippen molar-refractivity contribution in [2.45, 2.75) is 44.4 Å². The van der Waals surface area contributed by atoms with Crippen LogP contribution in [0.4, 0.5) is 13.2 Å². The molecule has 0 aliphatic rings. The lowest BCUT2D eigenvalue weighted by atomic mass is 9.98. The van der Waals surface area contributed by atoms with Crippen molar-refractivity contribution in [1.82, 2.24) is 0 Å². The smallest absolute Gasteiger partial charge is 0.416 e. The molecule has 5 N–H and O–H groups in total. The number of carboxylic acid groups (broad SMARTS) is 2. The highest BCUT2D eigenvalue weighted by Crippen LogP contribution is 2.29. The maximum atomic E-state index is 12.8. The van der Waals surface area contributed by atoms with Gasteiger partial charge in [0.2, 0.25) is 0 Å². The van der Waals surface area contributed by atoms with Gasteiger partial charge in [0.25, 0.3) is 0 Å². The van der Waals surface area contributed by atoms with E-state index >= 15 is 0 Å². The van der Waals surface area contributed by atoms with E-state index in [0.717, 1.165) is 0 Å². The minimum absolute atomic E-state index is 0.710. The molecule has 0 rings (SSSR count). The summed E-state index contributed by atoms with van der Waals surface area (Å²) in [6.07, 6.45) is -12.9. The predicted molar refractivity (Wildman–Crippen MR) is 58.8 cm³/mol. The molecule has 0 fully saturated rings. The fourth-order valence-electron chi connectivity index (χ4n) is 1.29. The molecule has 10 heteroatoms. The minimum Gasteiger partial charge on any atom is -0.479 e. The Morgan fingerprint density at radius 1 is 1.15 bits per heavy atom. The highest BCUT2D eigenvalue weighted by molar-refractivity contribution is 5.83. The number of hydrogen-bond acceptors (Lipinski definition) is 5. The summed E-state index contributed by atoms with van der Waals surface area (Å²) in [5.74, 6) is -4.76. The summed E-state index contributed by atoms with van der Waals surface area (Å²) in [4.78, 5) is 21.2. The monoisotopic (exact) mass is 303 g/mol. The van der Waals surface area contributed by atoms with Crippen LogP contribution in [0.1, 0.15) is 13.8 Å². The molecule has 0 heterocycles. The van der Waals surface area contributed by atoms with Gasteiger partial charge in [0, 0.05) is 6.04 Å². The van der Waals surface area contributed by atoms with Crippen LogP contribution in [0.3, 0.4) is 0 Å². The van der Waals surface area contributed by atoms with Crippen molar-refractivity contribution in [2.75, 3.05) is 0 Å². The Labute approximate surface area is 112 Å². The van der Waals surface area contributed by atoms with Gasteiger partial charge in [0.05, 0.1) is 0 Å². The van der Waals surface area contributed by atoms with Crippen LogP contribution >= 0.6 is 0 Å². The molecule has 0 aromatic carbocycles. The van der Waals surface area contributed by atoms with Gasteiger partial charge >= 0.3 is 18.1 Å². The largest absolute Gasteiger partial charge is 0.479 e. The minimum atomic E-state index is -5.00. The molecule has 20 heavy (non-hydrogen) atoms. The van der Waals surface area contributed by atoms with E-state index in [9.17, 15) is 22.8 Å². The fourth-order valence-corrected chi connectivity index (χ4v) is 1.29. The molecular formula is C10H16F3NO6. The van der Waals surface area contributed by atoms with E-state index in [1.165, 1.54) is 13.8 Å². The van der Waals surface area contributed by atoms with E-state index in [4.69, 9.17) is 21.1 Å². The van der Waals surface area contributed by atoms with Crippen molar-refractivity contribution in [3.63, 3.8) is 0 Å². The second-order valence-electron chi connectivity index (χ2n) is 4.46. The third-order valence-electron chi connectivity index (χ3n) is 2.52. The molecule has 0 amide bonds. The number of rotatable bonds is 7. The molecule has 0 saturated carbocycles. The Kier molecular flexibility index (Phi) is 6.38. The summed E-state index contributed by atoms with van der Waals surface area (Å²) in [5, 5.41) is 26.2. The molecule has 0 aliphatic heterocycles. The number of aliphatic hydroxyl groups excluding tert-OH is 1. The number of nitrogens with two attached hydrogens (primary N) is 1. The van der Waals surface area contributed by atoms with Crippen molar-refractivity contribution < 1.29 is 42.8 Å². The molecule has 7 nitrogen and oxygen atoms in total. The van der Waals surface area contributed by atoms with Crippen LogP contribution in [0.5, 0.6) is 0 Å². The van der Waals surface area contributed by atoms with Gasteiger partial charge in [-0.2, -0.15) is 13.2 Å². The number of aliphatic carboxylic acids is 2. The van der Waals surface area contributed by atoms with E-state index in [1.54, 1.807) is 0 Å². The lowest BCUT2D eigenvalue weighted by Crippen LogP contribution is -2.55. The first-order chi connectivity index (χ1) is 8.89. The second-order valence-corrected chi connectivity index (χ2v) is 4.46. The molecule has 4 atom stereocenters. The molecule has 118 valence electrons. The number of alkyl halides is 3. The normalized spacial score (nSPS) is 18.4. The molecule has 0 aromatic heterocycles.